The Bertz CT molecular complexity index is 669. The van der Waals surface area contributed by atoms with E-state index in [-0.39, 0.29) is 5.91 Å². The number of carbonyl (C=O) groups excluding carboxylic acids is 1. The van der Waals surface area contributed by atoms with Gasteiger partial charge >= 0.3 is 0 Å². The van der Waals surface area contributed by atoms with Crippen molar-refractivity contribution in [3.63, 3.8) is 0 Å². The van der Waals surface area contributed by atoms with E-state index in [1.54, 1.807) is 22.7 Å². The maximum Gasteiger partial charge on any atom is 0.224 e. The SMILES string of the molecule is Cc1nc(CN2C(=O)C[C@H]3[C@H]2CCN3Cc2nccs2)cs1. The fourth-order valence-electron chi connectivity index (χ4n) is 3.57. The van der Waals surface area contributed by atoms with Crippen LogP contribution < -0.4 is 0 Å². The lowest BCUT2D eigenvalue weighted by Crippen LogP contribution is -2.36. The Balaban J connectivity index is 1.47. The van der Waals surface area contributed by atoms with Crippen LogP contribution in [0.25, 0.3) is 0 Å². The molecular formula is C15H18N4OS2. The van der Waals surface area contributed by atoms with Gasteiger partial charge in [0.2, 0.25) is 5.91 Å². The van der Waals surface area contributed by atoms with Gasteiger partial charge in [0.25, 0.3) is 0 Å². The number of rotatable bonds is 4. The average molecular weight is 334 g/mol. The summed E-state index contributed by atoms with van der Waals surface area (Å²) in [5, 5.41) is 6.29. The summed E-state index contributed by atoms with van der Waals surface area (Å²) >= 11 is 3.34. The molecule has 0 saturated carbocycles. The van der Waals surface area contributed by atoms with Crippen LogP contribution in [0.1, 0.15) is 28.6 Å². The summed E-state index contributed by atoms with van der Waals surface area (Å²) in [5.74, 6) is 0.268. The normalized spacial score (nSPS) is 25.1. The molecule has 1 amide bonds. The monoisotopic (exact) mass is 334 g/mol. The fraction of sp³-hybridized carbons (Fsp3) is 0.533. The molecule has 2 aliphatic rings. The first-order valence-electron chi connectivity index (χ1n) is 7.53. The van der Waals surface area contributed by atoms with Gasteiger partial charge in [-0.15, -0.1) is 22.7 Å². The highest BCUT2D eigenvalue weighted by Gasteiger charge is 2.46. The van der Waals surface area contributed by atoms with Crippen molar-refractivity contribution >= 4 is 28.6 Å². The largest absolute Gasteiger partial charge is 0.332 e. The minimum Gasteiger partial charge on any atom is -0.332 e. The van der Waals surface area contributed by atoms with Gasteiger partial charge in [0.1, 0.15) is 5.01 Å². The number of hydrogen-bond donors (Lipinski definition) is 0. The molecule has 7 heteroatoms. The first-order valence-corrected chi connectivity index (χ1v) is 9.29. The molecule has 0 aromatic carbocycles. The van der Waals surface area contributed by atoms with Crippen LogP contribution in [-0.2, 0) is 17.9 Å². The number of amides is 1. The van der Waals surface area contributed by atoms with Gasteiger partial charge < -0.3 is 4.90 Å². The van der Waals surface area contributed by atoms with E-state index in [0.29, 0.717) is 25.0 Å². The third-order valence-corrected chi connectivity index (χ3v) is 6.14. The second kappa shape index (κ2) is 5.72. The number of likely N-dealkylation sites (tertiary alicyclic amines) is 2. The molecule has 4 heterocycles. The van der Waals surface area contributed by atoms with Crippen LogP contribution in [0.2, 0.25) is 0 Å². The van der Waals surface area contributed by atoms with Gasteiger partial charge in [-0.1, -0.05) is 0 Å². The highest BCUT2D eigenvalue weighted by Crippen LogP contribution is 2.34. The van der Waals surface area contributed by atoms with Gasteiger partial charge in [-0.2, -0.15) is 0 Å². The second-order valence-electron chi connectivity index (χ2n) is 5.90. The third-order valence-electron chi connectivity index (χ3n) is 4.55. The van der Waals surface area contributed by atoms with Crippen LogP contribution in [0.3, 0.4) is 0 Å². The summed E-state index contributed by atoms with van der Waals surface area (Å²) < 4.78 is 0. The summed E-state index contributed by atoms with van der Waals surface area (Å²) in [6.45, 7) is 4.59. The fourth-order valence-corrected chi connectivity index (χ4v) is 4.82. The van der Waals surface area contributed by atoms with E-state index < -0.39 is 0 Å². The maximum atomic E-state index is 12.4. The van der Waals surface area contributed by atoms with Crippen molar-refractivity contribution in [3.8, 4) is 0 Å². The molecule has 2 aliphatic heterocycles. The van der Waals surface area contributed by atoms with E-state index in [1.165, 1.54) is 0 Å². The van der Waals surface area contributed by atoms with Crippen LogP contribution in [0.5, 0.6) is 0 Å². The van der Waals surface area contributed by atoms with Crippen molar-refractivity contribution in [3.05, 3.63) is 32.7 Å². The van der Waals surface area contributed by atoms with Crippen LogP contribution in [0.4, 0.5) is 0 Å². The van der Waals surface area contributed by atoms with Crippen LogP contribution in [-0.4, -0.2) is 44.3 Å². The van der Waals surface area contributed by atoms with E-state index in [0.717, 1.165) is 35.2 Å². The molecule has 116 valence electrons. The predicted molar refractivity (Wildman–Crippen MR) is 86.7 cm³/mol. The Morgan fingerprint density at radius 2 is 2.23 bits per heavy atom. The third kappa shape index (κ3) is 2.57. The molecule has 2 fully saturated rings. The first kappa shape index (κ1) is 14.3. The van der Waals surface area contributed by atoms with Crippen LogP contribution in [0.15, 0.2) is 17.0 Å². The van der Waals surface area contributed by atoms with E-state index in [4.69, 9.17) is 0 Å². The summed E-state index contributed by atoms with van der Waals surface area (Å²) in [6.07, 6.45) is 3.55. The minimum atomic E-state index is 0.268. The summed E-state index contributed by atoms with van der Waals surface area (Å²) in [7, 11) is 0. The molecule has 0 unspecified atom stereocenters. The van der Waals surface area contributed by atoms with E-state index >= 15 is 0 Å². The number of nitrogens with zero attached hydrogens (tertiary/aromatic N) is 4. The molecule has 0 N–H and O–H groups in total. The molecule has 0 radical (unpaired) electrons. The quantitative estimate of drug-likeness (QED) is 0.861. The van der Waals surface area contributed by atoms with E-state index in [9.17, 15) is 4.79 Å². The van der Waals surface area contributed by atoms with Gasteiger partial charge in [0.15, 0.2) is 0 Å². The molecule has 22 heavy (non-hydrogen) atoms. The smallest absolute Gasteiger partial charge is 0.224 e. The Morgan fingerprint density at radius 3 is 2.95 bits per heavy atom. The molecular weight excluding hydrogens is 316 g/mol. The van der Waals surface area contributed by atoms with Crippen molar-refractivity contribution in [1.29, 1.82) is 0 Å². The van der Waals surface area contributed by atoms with E-state index in [2.05, 4.69) is 20.2 Å². The van der Waals surface area contributed by atoms with Gasteiger partial charge in [-0.3, -0.25) is 9.69 Å². The molecule has 5 nitrogen and oxygen atoms in total. The number of thiazole rings is 2. The number of aromatic nitrogens is 2. The molecule has 4 rings (SSSR count). The second-order valence-corrected chi connectivity index (χ2v) is 7.94. The number of aryl methyl sites for hydroxylation is 1. The Labute approximate surface area is 137 Å². The van der Waals surface area contributed by atoms with Gasteiger partial charge in [0, 0.05) is 42.0 Å². The zero-order chi connectivity index (χ0) is 15.1. The van der Waals surface area contributed by atoms with E-state index in [1.807, 2.05) is 23.4 Å². The van der Waals surface area contributed by atoms with Crippen LogP contribution >= 0.6 is 22.7 Å². The zero-order valence-electron chi connectivity index (χ0n) is 12.4. The molecule has 2 aromatic rings. The molecule has 0 aliphatic carbocycles. The topological polar surface area (TPSA) is 49.3 Å². The van der Waals surface area contributed by atoms with Crippen LogP contribution in [0, 0.1) is 6.92 Å². The molecule has 2 saturated heterocycles. The number of hydrogen-bond acceptors (Lipinski definition) is 6. The molecule has 2 atom stereocenters. The van der Waals surface area contributed by atoms with Gasteiger partial charge in [0.05, 0.1) is 23.8 Å². The lowest BCUT2D eigenvalue weighted by Gasteiger charge is -2.24. The maximum absolute atomic E-state index is 12.4. The summed E-state index contributed by atoms with van der Waals surface area (Å²) in [5.41, 5.74) is 1.02. The van der Waals surface area contributed by atoms with Crippen molar-refractivity contribution in [2.24, 2.45) is 0 Å². The zero-order valence-corrected chi connectivity index (χ0v) is 14.1. The lowest BCUT2D eigenvalue weighted by atomic mass is 10.1. The molecule has 2 aromatic heterocycles. The summed E-state index contributed by atoms with van der Waals surface area (Å²) in [4.78, 5) is 25.8. The highest BCUT2D eigenvalue weighted by molar-refractivity contribution is 7.09. The van der Waals surface area contributed by atoms with Crippen molar-refractivity contribution in [2.45, 2.75) is 44.9 Å². The number of fused-ring (bicyclic) bond motifs is 1. The Morgan fingerprint density at radius 1 is 1.32 bits per heavy atom. The molecule has 0 bridgehead atoms. The van der Waals surface area contributed by atoms with Crippen molar-refractivity contribution in [2.75, 3.05) is 6.54 Å². The molecule has 0 spiro atoms. The van der Waals surface area contributed by atoms with Crippen molar-refractivity contribution < 1.29 is 4.79 Å². The Hall–Kier alpha value is -1.31. The predicted octanol–water partition coefficient (Wildman–Crippen LogP) is 2.28. The van der Waals surface area contributed by atoms with Gasteiger partial charge in [-0.05, 0) is 13.3 Å². The number of carbonyl (C=O) groups is 1. The highest BCUT2D eigenvalue weighted by atomic mass is 32.1. The van der Waals surface area contributed by atoms with Gasteiger partial charge in [-0.25, -0.2) is 9.97 Å². The standard InChI is InChI=1S/C15H18N4OS2/c1-10-17-11(9-22-10)7-19-12-2-4-18(13(12)6-15(19)20)8-14-16-3-5-21-14/h3,5,9,12-13H,2,4,6-8H2,1H3/t12-,13+/m1/s1. The average Bonchev–Trinajstić information content (AvgIpc) is 3.23. The lowest BCUT2D eigenvalue weighted by molar-refractivity contribution is -0.129. The minimum absolute atomic E-state index is 0.268. The summed E-state index contributed by atoms with van der Waals surface area (Å²) in [6, 6.07) is 0.686. The Kier molecular flexibility index (Phi) is 3.71. The first-order chi connectivity index (χ1) is 10.7. The van der Waals surface area contributed by atoms with Crippen molar-refractivity contribution in [1.82, 2.24) is 19.8 Å².